The summed E-state index contributed by atoms with van der Waals surface area (Å²) in [6, 6.07) is -1.23. The van der Waals surface area contributed by atoms with Crippen LogP contribution in [-0.4, -0.2) is 29.7 Å². The minimum Gasteiger partial charge on any atom is -0.480 e. The molecule has 0 aromatic heterocycles. The Hall–Kier alpha value is -1.26. The molecular weight excluding hydrogens is 256 g/mol. The summed E-state index contributed by atoms with van der Waals surface area (Å²) in [5.74, 6) is 1.16. The highest BCUT2D eigenvalue weighted by atomic mass is 16.4. The number of carboxylic acid groups (broad SMARTS) is 1. The van der Waals surface area contributed by atoms with E-state index in [1.165, 1.54) is 25.7 Å². The molecule has 0 aliphatic heterocycles. The molecule has 2 rings (SSSR count). The molecule has 114 valence electrons. The molecule has 2 aliphatic rings. The molecule has 20 heavy (non-hydrogen) atoms. The van der Waals surface area contributed by atoms with Gasteiger partial charge >= 0.3 is 12.0 Å². The van der Waals surface area contributed by atoms with E-state index in [0.29, 0.717) is 12.5 Å². The second-order valence-corrected chi connectivity index (χ2v) is 7.33. The zero-order chi connectivity index (χ0) is 14.9. The Bertz CT molecular complexity index is 369. The van der Waals surface area contributed by atoms with Gasteiger partial charge in [-0.1, -0.05) is 20.8 Å². The molecule has 0 aromatic rings. The fraction of sp³-hybridized carbons (Fsp3) is 0.867. The van der Waals surface area contributed by atoms with Crippen LogP contribution < -0.4 is 10.6 Å². The van der Waals surface area contributed by atoms with Crippen molar-refractivity contribution in [2.45, 2.75) is 52.5 Å². The molecule has 0 saturated heterocycles. The molecule has 0 heterocycles. The SMILES string of the molecule is CC(C)(C)[C@@H](NC(=O)NCC(C1CC1)C1CC1)C(=O)O. The Morgan fingerprint density at radius 3 is 2.00 bits per heavy atom. The van der Waals surface area contributed by atoms with Crippen LogP contribution in [0.25, 0.3) is 0 Å². The van der Waals surface area contributed by atoms with Gasteiger partial charge in [0.15, 0.2) is 0 Å². The summed E-state index contributed by atoms with van der Waals surface area (Å²) in [6.07, 6.45) is 5.13. The topological polar surface area (TPSA) is 78.4 Å². The van der Waals surface area contributed by atoms with Crippen molar-refractivity contribution in [3.8, 4) is 0 Å². The first-order valence-electron chi connectivity index (χ1n) is 7.56. The molecule has 5 nitrogen and oxygen atoms in total. The van der Waals surface area contributed by atoms with Gasteiger partial charge in [0, 0.05) is 6.54 Å². The van der Waals surface area contributed by atoms with Gasteiger partial charge in [-0.15, -0.1) is 0 Å². The molecule has 0 radical (unpaired) electrons. The molecule has 0 unspecified atom stereocenters. The van der Waals surface area contributed by atoms with Crippen molar-refractivity contribution in [2.75, 3.05) is 6.54 Å². The number of aliphatic carboxylic acids is 1. The minimum absolute atomic E-state index is 0.362. The number of urea groups is 1. The van der Waals surface area contributed by atoms with E-state index in [1.807, 2.05) is 20.8 Å². The van der Waals surface area contributed by atoms with Crippen LogP contribution in [0.5, 0.6) is 0 Å². The minimum atomic E-state index is -0.992. The van der Waals surface area contributed by atoms with Crippen molar-refractivity contribution >= 4 is 12.0 Å². The molecule has 2 saturated carbocycles. The Morgan fingerprint density at radius 2 is 1.65 bits per heavy atom. The predicted octanol–water partition coefficient (Wildman–Crippen LogP) is 2.22. The number of hydrogen-bond donors (Lipinski definition) is 3. The van der Waals surface area contributed by atoms with Gasteiger partial charge in [0.25, 0.3) is 0 Å². The van der Waals surface area contributed by atoms with Crippen LogP contribution in [0.15, 0.2) is 0 Å². The van der Waals surface area contributed by atoms with E-state index < -0.39 is 17.4 Å². The van der Waals surface area contributed by atoms with Crippen LogP contribution in [0.3, 0.4) is 0 Å². The van der Waals surface area contributed by atoms with Crippen molar-refractivity contribution in [3.63, 3.8) is 0 Å². The van der Waals surface area contributed by atoms with Crippen LogP contribution in [-0.2, 0) is 4.79 Å². The van der Waals surface area contributed by atoms with Crippen LogP contribution in [0.2, 0.25) is 0 Å². The van der Waals surface area contributed by atoms with E-state index in [4.69, 9.17) is 0 Å². The molecule has 2 fully saturated rings. The van der Waals surface area contributed by atoms with Crippen LogP contribution in [0.1, 0.15) is 46.5 Å². The van der Waals surface area contributed by atoms with E-state index in [2.05, 4.69) is 10.6 Å². The largest absolute Gasteiger partial charge is 0.480 e. The summed E-state index contributed by atoms with van der Waals surface area (Å²) in [5.41, 5.74) is -0.504. The highest BCUT2D eigenvalue weighted by molar-refractivity contribution is 5.83. The summed E-state index contributed by atoms with van der Waals surface area (Å²) in [5, 5.41) is 14.6. The molecule has 1 atom stereocenters. The summed E-state index contributed by atoms with van der Waals surface area (Å²) in [6.45, 7) is 6.10. The fourth-order valence-corrected chi connectivity index (χ4v) is 2.81. The number of carboxylic acids is 1. The molecule has 2 amide bonds. The fourth-order valence-electron chi connectivity index (χ4n) is 2.81. The highest BCUT2D eigenvalue weighted by Crippen LogP contribution is 2.48. The second kappa shape index (κ2) is 5.62. The molecule has 0 aromatic carbocycles. The first-order chi connectivity index (χ1) is 9.29. The van der Waals surface area contributed by atoms with E-state index >= 15 is 0 Å². The molecule has 2 aliphatic carbocycles. The Morgan fingerprint density at radius 1 is 1.15 bits per heavy atom. The Labute approximate surface area is 120 Å². The summed E-state index contributed by atoms with van der Waals surface area (Å²) >= 11 is 0. The third kappa shape index (κ3) is 4.12. The number of amides is 2. The van der Waals surface area contributed by atoms with Gasteiger partial charge in [-0.25, -0.2) is 9.59 Å². The molecule has 5 heteroatoms. The van der Waals surface area contributed by atoms with Crippen molar-refractivity contribution in [1.82, 2.24) is 10.6 Å². The zero-order valence-electron chi connectivity index (χ0n) is 12.6. The van der Waals surface area contributed by atoms with Crippen LogP contribution in [0, 0.1) is 23.2 Å². The number of hydrogen-bond acceptors (Lipinski definition) is 2. The predicted molar refractivity (Wildman–Crippen MR) is 76.4 cm³/mol. The third-order valence-corrected chi connectivity index (χ3v) is 4.34. The van der Waals surface area contributed by atoms with Gasteiger partial charge in [0.2, 0.25) is 0 Å². The van der Waals surface area contributed by atoms with Gasteiger partial charge in [0.1, 0.15) is 6.04 Å². The lowest BCUT2D eigenvalue weighted by molar-refractivity contribution is -0.141. The molecule has 3 N–H and O–H groups in total. The maximum absolute atomic E-state index is 11.9. The molecule has 0 spiro atoms. The Balaban J connectivity index is 1.80. The van der Waals surface area contributed by atoms with E-state index in [0.717, 1.165) is 11.8 Å². The lowest BCUT2D eigenvalue weighted by atomic mass is 9.87. The maximum Gasteiger partial charge on any atom is 0.326 e. The van der Waals surface area contributed by atoms with Gasteiger partial charge in [-0.05, 0) is 48.9 Å². The van der Waals surface area contributed by atoms with Crippen LogP contribution in [0.4, 0.5) is 4.79 Å². The van der Waals surface area contributed by atoms with E-state index in [9.17, 15) is 14.7 Å². The van der Waals surface area contributed by atoms with Crippen LogP contribution >= 0.6 is 0 Å². The van der Waals surface area contributed by atoms with Gasteiger partial charge in [-0.2, -0.15) is 0 Å². The normalized spacial score (nSPS) is 20.6. The first kappa shape index (κ1) is 15.1. The quantitative estimate of drug-likeness (QED) is 0.699. The monoisotopic (exact) mass is 282 g/mol. The Kier molecular flexibility index (Phi) is 4.25. The average molecular weight is 282 g/mol. The molecule has 0 bridgehead atoms. The van der Waals surface area contributed by atoms with Crippen molar-refractivity contribution in [2.24, 2.45) is 23.2 Å². The zero-order valence-corrected chi connectivity index (χ0v) is 12.6. The molecular formula is C15H26N2O3. The average Bonchev–Trinajstić information content (AvgIpc) is 3.16. The maximum atomic E-state index is 11.9. The van der Waals surface area contributed by atoms with Crippen molar-refractivity contribution in [3.05, 3.63) is 0 Å². The number of carbonyl (C=O) groups excluding carboxylic acids is 1. The lowest BCUT2D eigenvalue weighted by Crippen LogP contribution is -2.52. The van der Waals surface area contributed by atoms with E-state index in [1.54, 1.807) is 0 Å². The smallest absolute Gasteiger partial charge is 0.326 e. The van der Waals surface area contributed by atoms with Gasteiger partial charge in [0.05, 0.1) is 0 Å². The first-order valence-corrected chi connectivity index (χ1v) is 7.56. The van der Waals surface area contributed by atoms with Gasteiger partial charge < -0.3 is 15.7 Å². The van der Waals surface area contributed by atoms with Crippen molar-refractivity contribution in [1.29, 1.82) is 0 Å². The highest BCUT2D eigenvalue weighted by Gasteiger charge is 2.41. The summed E-state index contributed by atoms with van der Waals surface area (Å²) < 4.78 is 0. The van der Waals surface area contributed by atoms with E-state index in [-0.39, 0.29) is 6.03 Å². The lowest BCUT2D eigenvalue weighted by Gasteiger charge is -2.28. The van der Waals surface area contributed by atoms with Crippen molar-refractivity contribution < 1.29 is 14.7 Å². The summed E-state index contributed by atoms with van der Waals surface area (Å²) in [4.78, 5) is 23.1. The summed E-state index contributed by atoms with van der Waals surface area (Å²) in [7, 11) is 0. The number of carbonyl (C=O) groups is 2. The number of nitrogens with one attached hydrogen (secondary N) is 2. The standard InChI is InChI=1S/C15H26N2O3/c1-15(2,3)12(13(18)19)17-14(20)16-8-11(9-4-5-9)10-6-7-10/h9-12H,4-8H2,1-3H3,(H,18,19)(H2,16,17,20)/t12-/m0/s1. The third-order valence-electron chi connectivity index (χ3n) is 4.34. The number of rotatable bonds is 6. The van der Waals surface area contributed by atoms with Gasteiger partial charge in [-0.3, -0.25) is 0 Å². The second-order valence-electron chi connectivity index (χ2n) is 7.33.